The van der Waals surface area contributed by atoms with E-state index < -0.39 is 16.9 Å². The van der Waals surface area contributed by atoms with Crippen molar-refractivity contribution in [1.29, 1.82) is 0 Å². The molecule has 0 radical (unpaired) electrons. The number of hydrogen-bond donors (Lipinski definition) is 0. The van der Waals surface area contributed by atoms with E-state index in [4.69, 9.17) is 51.1 Å². The van der Waals surface area contributed by atoms with Crippen molar-refractivity contribution in [3.63, 3.8) is 0 Å². The Balaban J connectivity index is 2.11. The molecule has 3 rings (SSSR count). The lowest BCUT2D eigenvalue weighted by Gasteiger charge is -2.11. The lowest BCUT2D eigenvalue weighted by Crippen LogP contribution is -2.07. The minimum atomic E-state index is -0.619. The van der Waals surface area contributed by atoms with E-state index in [-0.39, 0.29) is 0 Å². The lowest BCUT2D eigenvalue weighted by atomic mass is 10.3. The predicted octanol–water partition coefficient (Wildman–Crippen LogP) is 7.49. The van der Waals surface area contributed by atoms with Gasteiger partial charge in [0, 0.05) is 16.1 Å². The Bertz CT molecular complexity index is 984. The fourth-order valence-electron chi connectivity index (χ4n) is 2.46. The van der Waals surface area contributed by atoms with Crippen LogP contribution in [0.3, 0.4) is 0 Å². The van der Waals surface area contributed by atoms with E-state index in [0.717, 1.165) is 20.8 Å². The van der Waals surface area contributed by atoms with Gasteiger partial charge in [-0.2, -0.15) is 0 Å². The van der Waals surface area contributed by atoms with Crippen LogP contribution in [0.2, 0.25) is 20.1 Å². The molecule has 0 saturated heterocycles. The Labute approximate surface area is 186 Å². The summed E-state index contributed by atoms with van der Waals surface area (Å²) in [5, 5.41) is 2.16. The van der Waals surface area contributed by atoms with Crippen LogP contribution in [0.1, 0.15) is 0 Å². The molecule has 0 amide bonds. The highest BCUT2D eigenvalue weighted by atomic mass is 35.5. The molecule has 0 atom stereocenters. The first-order chi connectivity index (χ1) is 13.4. The summed E-state index contributed by atoms with van der Waals surface area (Å²) in [6, 6.07) is 17.9. The number of esters is 1. The number of carbonyl (C=O) groups is 1. The van der Waals surface area contributed by atoms with Crippen LogP contribution in [0.4, 0.5) is 0 Å². The zero-order valence-electron chi connectivity index (χ0n) is 14.3. The van der Waals surface area contributed by atoms with E-state index in [9.17, 15) is 4.79 Å². The minimum Gasteiger partial charge on any atom is -0.423 e. The first-order valence-electron chi connectivity index (χ1n) is 7.98. The van der Waals surface area contributed by atoms with Crippen LogP contribution in [-0.2, 0) is 15.7 Å². The quantitative estimate of drug-likeness (QED) is 0.167. The second kappa shape index (κ2) is 9.25. The first-order valence-corrected chi connectivity index (χ1v) is 10.7. The Morgan fingerprint density at radius 2 is 1.32 bits per heavy atom. The number of carbonyl (C=O) groups excluding carboxylic acids is 1. The van der Waals surface area contributed by atoms with Crippen molar-refractivity contribution in [2.24, 2.45) is 0 Å². The smallest absolute Gasteiger partial charge is 0.335 e. The topological polar surface area (TPSA) is 26.3 Å². The molecule has 0 unspecified atom stereocenters. The highest BCUT2D eigenvalue weighted by Crippen LogP contribution is 2.40. The maximum Gasteiger partial charge on any atom is 0.335 e. The van der Waals surface area contributed by atoms with Crippen molar-refractivity contribution in [3.8, 4) is 5.75 Å². The van der Waals surface area contributed by atoms with Crippen LogP contribution >= 0.6 is 46.4 Å². The minimum absolute atomic E-state index is 0.418. The first kappa shape index (κ1) is 21.1. The van der Waals surface area contributed by atoms with Gasteiger partial charge in [-0.15, -0.1) is 0 Å². The van der Waals surface area contributed by atoms with Gasteiger partial charge in [-0.3, -0.25) is 0 Å². The van der Waals surface area contributed by atoms with Gasteiger partial charge in [0.2, 0.25) is 0 Å². The molecule has 2 nitrogen and oxygen atoms in total. The molecule has 0 bridgehead atoms. The van der Waals surface area contributed by atoms with E-state index >= 15 is 0 Å². The van der Waals surface area contributed by atoms with Gasteiger partial charge in [0.15, 0.2) is 14.7 Å². The van der Waals surface area contributed by atoms with Gasteiger partial charge >= 0.3 is 5.97 Å². The van der Waals surface area contributed by atoms with Gasteiger partial charge in [-0.1, -0.05) is 53.0 Å². The average molecular weight is 471 g/mol. The molecule has 0 aliphatic rings. The van der Waals surface area contributed by atoms with E-state index in [2.05, 4.69) is 6.58 Å². The van der Waals surface area contributed by atoms with Crippen molar-refractivity contribution in [3.05, 3.63) is 93.4 Å². The fraction of sp³-hybridized carbons (Fsp3) is 0. The molecule has 0 saturated carbocycles. The van der Waals surface area contributed by atoms with Gasteiger partial charge in [-0.05, 0) is 60.7 Å². The third kappa shape index (κ3) is 4.86. The van der Waals surface area contributed by atoms with Crippen LogP contribution in [0.25, 0.3) is 0 Å². The molecule has 3 aromatic carbocycles. The highest BCUT2D eigenvalue weighted by Gasteiger charge is 2.33. The summed E-state index contributed by atoms with van der Waals surface area (Å²) in [4.78, 5) is 14.1. The van der Waals surface area contributed by atoms with Crippen LogP contribution in [0.15, 0.2) is 88.0 Å². The summed E-state index contributed by atoms with van der Waals surface area (Å²) >= 11 is 25.1. The molecule has 142 valence electrons. The largest absolute Gasteiger partial charge is 0.423 e. The molecule has 0 aliphatic carbocycles. The number of rotatable bonds is 5. The summed E-state index contributed by atoms with van der Waals surface area (Å²) in [6.45, 7) is 3.39. The normalized spacial score (nSPS) is 10.8. The molecular weight excluding hydrogens is 458 g/mol. The van der Waals surface area contributed by atoms with E-state index in [1.807, 2.05) is 24.3 Å². The van der Waals surface area contributed by atoms with Crippen molar-refractivity contribution < 1.29 is 9.53 Å². The Morgan fingerprint density at radius 3 is 1.75 bits per heavy atom. The number of hydrogen-bond acceptors (Lipinski definition) is 2. The molecule has 0 heterocycles. The SMILES string of the molecule is C=CC(=O)Oc1ccc([S+](c2ccc(Cl)cc2Cl)c2ccc(Cl)cc2Cl)cc1. The summed E-state index contributed by atoms with van der Waals surface area (Å²) in [7, 11) is -0.619. The van der Waals surface area contributed by atoms with Crippen molar-refractivity contribution in [2.45, 2.75) is 14.7 Å². The summed E-state index contributed by atoms with van der Waals surface area (Å²) < 4.78 is 5.15. The summed E-state index contributed by atoms with van der Waals surface area (Å²) in [6.07, 6.45) is 1.11. The number of halogens is 4. The number of benzene rings is 3. The van der Waals surface area contributed by atoms with Crippen molar-refractivity contribution in [2.75, 3.05) is 0 Å². The number of ether oxygens (including phenoxy) is 1. The summed E-state index contributed by atoms with van der Waals surface area (Å²) in [5.41, 5.74) is 0. The van der Waals surface area contributed by atoms with E-state index in [1.165, 1.54) is 0 Å². The predicted molar refractivity (Wildman–Crippen MR) is 117 cm³/mol. The van der Waals surface area contributed by atoms with E-state index in [1.54, 1.807) is 36.4 Å². The summed E-state index contributed by atoms with van der Waals surface area (Å²) in [5.74, 6) is -0.102. The van der Waals surface area contributed by atoms with Crippen LogP contribution in [0.5, 0.6) is 5.75 Å². The molecule has 3 aromatic rings. The fourth-order valence-corrected chi connectivity index (χ4v) is 5.80. The second-order valence-corrected chi connectivity index (χ2v) is 9.20. The molecule has 7 heteroatoms. The van der Waals surface area contributed by atoms with Gasteiger partial charge in [-0.25, -0.2) is 4.79 Å². The van der Waals surface area contributed by atoms with Gasteiger partial charge in [0.1, 0.15) is 16.6 Å². The maximum absolute atomic E-state index is 11.4. The third-order valence-electron chi connectivity index (χ3n) is 3.67. The lowest BCUT2D eigenvalue weighted by molar-refractivity contribution is -0.128. The van der Waals surface area contributed by atoms with E-state index in [0.29, 0.717) is 25.8 Å². The molecule has 28 heavy (non-hydrogen) atoms. The van der Waals surface area contributed by atoms with Crippen molar-refractivity contribution in [1.82, 2.24) is 0 Å². The van der Waals surface area contributed by atoms with Crippen LogP contribution in [0, 0.1) is 0 Å². The average Bonchev–Trinajstić information content (AvgIpc) is 2.66. The molecule has 0 N–H and O–H groups in total. The molecular formula is C21H13Cl4O2S+. The zero-order valence-corrected chi connectivity index (χ0v) is 18.1. The van der Waals surface area contributed by atoms with Crippen LogP contribution in [-0.4, -0.2) is 5.97 Å². The van der Waals surface area contributed by atoms with Crippen LogP contribution < -0.4 is 4.74 Å². The Kier molecular flexibility index (Phi) is 6.97. The maximum atomic E-state index is 11.4. The molecule has 0 spiro atoms. The Hall–Kier alpha value is -1.62. The van der Waals surface area contributed by atoms with Gasteiger partial charge in [0.05, 0.1) is 10.0 Å². The standard InChI is InChI=1S/C21H13Cl4O2S/c1-2-21(26)27-15-5-7-16(8-6-15)28(19-9-3-13(22)11-17(19)24)20-10-4-14(23)12-18(20)25/h2-12H,1H2/q+1. The molecule has 0 aromatic heterocycles. The van der Waals surface area contributed by atoms with Gasteiger partial charge in [0.25, 0.3) is 0 Å². The molecule has 0 aliphatic heterocycles. The monoisotopic (exact) mass is 469 g/mol. The second-order valence-electron chi connectivity index (χ2n) is 5.55. The van der Waals surface area contributed by atoms with Gasteiger partial charge < -0.3 is 4.74 Å². The molecule has 0 fully saturated rings. The zero-order chi connectivity index (χ0) is 20.3. The third-order valence-corrected chi connectivity index (χ3v) is 7.33. The van der Waals surface area contributed by atoms with Crippen molar-refractivity contribution >= 4 is 63.3 Å². The highest BCUT2D eigenvalue weighted by molar-refractivity contribution is 7.97. The Morgan fingerprint density at radius 1 is 0.821 bits per heavy atom.